The number of Topliss-reactive ketones (excluding diaryl/α,β-unsaturated/α-hetero) is 1. The third-order valence-electron chi connectivity index (χ3n) is 3.28. The van der Waals surface area contributed by atoms with E-state index >= 15 is 0 Å². The van der Waals surface area contributed by atoms with E-state index in [0.717, 1.165) is 0 Å². The van der Waals surface area contributed by atoms with Gasteiger partial charge in [0.05, 0.1) is 17.7 Å². The van der Waals surface area contributed by atoms with Gasteiger partial charge in [0, 0.05) is 11.6 Å². The Balaban J connectivity index is 2.22. The summed E-state index contributed by atoms with van der Waals surface area (Å²) < 4.78 is 5.15. The van der Waals surface area contributed by atoms with Gasteiger partial charge in [-0.15, -0.1) is 0 Å². The van der Waals surface area contributed by atoms with Crippen molar-refractivity contribution in [3.63, 3.8) is 0 Å². The maximum atomic E-state index is 11.3. The third kappa shape index (κ3) is 3.32. The van der Waals surface area contributed by atoms with E-state index in [-0.39, 0.29) is 29.3 Å². The largest absolute Gasteiger partial charge is 0.466 e. The van der Waals surface area contributed by atoms with Crippen LogP contribution in [0.3, 0.4) is 0 Å². The third-order valence-corrected chi connectivity index (χ3v) is 3.28. The minimum Gasteiger partial charge on any atom is -0.466 e. The Bertz CT molecular complexity index is 692. The van der Waals surface area contributed by atoms with Crippen LogP contribution in [0.5, 0.6) is 0 Å². The van der Waals surface area contributed by atoms with E-state index in [0.29, 0.717) is 5.76 Å². The van der Waals surface area contributed by atoms with Crippen molar-refractivity contribution in [3.05, 3.63) is 58.0 Å². The summed E-state index contributed by atoms with van der Waals surface area (Å²) in [5.74, 6) is 0.0974. The predicted molar refractivity (Wildman–Crippen MR) is 79.9 cm³/mol. The topological polar surface area (TPSA) is 106 Å². The summed E-state index contributed by atoms with van der Waals surface area (Å²) in [6, 6.07) is 7.43. The number of rotatable bonds is 6. The maximum absolute atomic E-state index is 11.3. The number of nitrogens with one attached hydrogen (secondary N) is 1. The summed E-state index contributed by atoms with van der Waals surface area (Å²) in [6.45, 7) is 2.89. The molecule has 2 rings (SSSR count). The van der Waals surface area contributed by atoms with Crippen molar-refractivity contribution in [1.82, 2.24) is 0 Å². The molecule has 0 aliphatic rings. The van der Waals surface area contributed by atoms with Gasteiger partial charge in [-0.3, -0.25) is 14.9 Å². The zero-order valence-electron chi connectivity index (χ0n) is 12.2. The lowest BCUT2D eigenvalue weighted by Gasteiger charge is -2.21. The molecule has 2 aromatic rings. The molecule has 1 aromatic carbocycles. The number of benzene rings is 1. The van der Waals surface area contributed by atoms with Crippen LogP contribution in [0.1, 0.15) is 30.0 Å². The van der Waals surface area contributed by atoms with Crippen LogP contribution in [0, 0.1) is 10.1 Å². The maximum Gasteiger partial charge on any atom is 0.293 e. The van der Waals surface area contributed by atoms with Crippen LogP contribution in [0.4, 0.5) is 11.4 Å². The van der Waals surface area contributed by atoms with E-state index in [9.17, 15) is 20.0 Å². The van der Waals surface area contributed by atoms with Gasteiger partial charge in [0.1, 0.15) is 17.0 Å². The van der Waals surface area contributed by atoms with Crippen LogP contribution < -0.4 is 5.32 Å². The van der Waals surface area contributed by atoms with Gasteiger partial charge in [-0.05, 0) is 38.1 Å². The van der Waals surface area contributed by atoms with Crippen molar-refractivity contribution in [1.29, 1.82) is 0 Å². The Morgan fingerprint density at radius 2 is 2.18 bits per heavy atom. The monoisotopic (exact) mass is 304 g/mol. The molecule has 7 heteroatoms. The SMILES string of the molecule is CC(=O)c1ccc(NCC(C)(O)c2ccco2)c([N+](=O)[O-])c1. The first-order chi connectivity index (χ1) is 10.3. The minimum atomic E-state index is -1.32. The second-order valence-electron chi connectivity index (χ2n) is 5.15. The smallest absolute Gasteiger partial charge is 0.293 e. The standard InChI is InChI=1S/C15H16N2O5/c1-10(18)11-5-6-12(13(8-11)17(20)21)16-9-15(2,19)14-4-3-7-22-14/h3-8,16,19H,9H2,1-2H3. The number of nitro groups is 1. The van der Waals surface area contributed by atoms with Gasteiger partial charge in [-0.1, -0.05) is 0 Å². The average Bonchev–Trinajstić information content (AvgIpc) is 2.99. The quantitative estimate of drug-likeness (QED) is 0.483. The molecule has 0 saturated heterocycles. The van der Waals surface area contributed by atoms with E-state index in [1.165, 1.54) is 38.3 Å². The number of aliphatic hydroxyl groups is 1. The highest BCUT2D eigenvalue weighted by molar-refractivity contribution is 5.95. The highest BCUT2D eigenvalue weighted by atomic mass is 16.6. The Morgan fingerprint density at radius 3 is 2.73 bits per heavy atom. The van der Waals surface area contributed by atoms with E-state index in [2.05, 4.69) is 5.32 Å². The van der Waals surface area contributed by atoms with Crippen molar-refractivity contribution in [3.8, 4) is 0 Å². The number of carbonyl (C=O) groups is 1. The lowest BCUT2D eigenvalue weighted by atomic mass is 10.0. The van der Waals surface area contributed by atoms with Gasteiger partial charge in [0.2, 0.25) is 0 Å². The molecule has 1 atom stereocenters. The van der Waals surface area contributed by atoms with Gasteiger partial charge in [0.15, 0.2) is 5.78 Å². The van der Waals surface area contributed by atoms with Crippen molar-refractivity contribution in [2.75, 3.05) is 11.9 Å². The van der Waals surface area contributed by atoms with Crippen LogP contribution in [0.2, 0.25) is 0 Å². The van der Waals surface area contributed by atoms with Gasteiger partial charge >= 0.3 is 0 Å². The molecule has 0 amide bonds. The molecule has 22 heavy (non-hydrogen) atoms. The lowest BCUT2D eigenvalue weighted by molar-refractivity contribution is -0.384. The normalized spacial score (nSPS) is 13.4. The summed E-state index contributed by atoms with van der Waals surface area (Å²) in [4.78, 5) is 21.9. The van der Waals surface area contributed by atoms with Crippen molar-refractivity contribution < 1.29 is 19.2 Å². The van der Waals surface area contributed by atoms with Crippen LogP contribution in [-0.4, -0.2) is 22.4 Å². The lowest BCUT2D eigenvalue weighted by Crippen LogP contribution is -2.30. The van der Waals surface area contributed by atoms with E-state index in [4.69, 9.17) is 4.42 Å². The number of hydrogen-bond acceptors (Lipinski definition) is 6. The van der Waals surface area contributed by atoms with Gasteiger partial charge < -0.3 is 14.8 Å². The highest BCUT2D eigenvalue weighted by Gasteiger charge is 2.27. The zero-order valence-corrected chi connectivity index (χ0v) is 12.2. The molecule has 7 nitrogen and oxygen atoms in total. The van der Waals surface area contributed by atoms with Crippen molar-refractivity contribution in [2.45, 2.75) is 19.4 Å². The summed E-state index contributed by atoms with van der Waals surface area (Å²) in [5.41, 5.74) is -1.06. The zero-order chi connectivity index (χ0) is 16.3. The number of nitrogens with zero attached hydrogens (tertiary/aromatic N) is 1. The number of ketones is 1. The Kier molecular flexibility index (Phi) is 4.27. The Morgan fingerprint density at radius 1 is 1.45 bits per heavy atom. The Hall–Kier alpha value is -2.67. The number of furan rings is 1. The molecule has 0 aliphatic heterocycles. The van der Waals surface area contributed by atoms with Gasteiger partial charge in [0.25, 0.3) is 5.69 Å². The van der Waals surface area contributed by atoms with Gasteiger partial charge in [-0.2, -0.15) is 0 Å². The Labute approximate surface area is 126 Å². The molecule has 116 valence electrons. The molecule has 0 bridgehead atoms. The first kappa shape index (κ1) is 15.7. The molecule has 1 aromatic heterocycles. The summed E-state index contributed by atoms with van der Waals surface area (Å²) in [6.07, 6.45) is 1.44. The van der Waals surface area contributed by atoms with Crippen LogP contribution in [-0.2, 0) is 5.60 Å². The second kappa shape index (κ2) is 5.98. The fourth-order valence-corrected chi connectivity index (χ4v) is 1.99. The molecule has 1 unspecified atom stereocenters. The molecule has 0 aliphatic carbocycles. The molecular formula is C15H16N2O5. The van der Waals surface area contributed by atoms with Crippen LogP contribution in [0.15, 0.2) is 41.0 Å². The van der Waals surface area contributed by atoms with E-state index in [1.807, 2.05) is 0 Å². The fraction of sp³-hybridized carbons (Fsp3) is 0.267. The van der Waals surface area contributed by atoms with E-state index < -0.39 is 10.5 Å². The molecule has 2 N–H and O–H groups in total. The number of carbonyl (C=O) groups excluding carboxylic acids is 1. The molecule has 0 fully saturated rings. The minimum absolute atomic E-state index is 0.0147. The average molecular weight is 304 g/mol. The number of nitro benzene ring substituents is 1. The second-order valence-corrected chi connectivity index (χ2v) is 5.15. The van der Waals surface area contributed by atoms with Crippen LogP contribution >= 0.6 is 0 Å². The molecule has 0 spiro atoms. The molecule has 0 saturated carbocycles. The summed E-state index contributed by atoms with van der Waals surface area (Å²) >= 11 is 0. The van der Waals surface area contributed by atoms with Crippen molar-refractivity contribution >= 4 is 17.2 Å². The van der Waals surface area contributed by atoms with E-state index in [1.54, 1.807) is 12.1 Å². The molecule has 0 radical (unpaired) electrons. The number of anilines is 1. The summed E-state index contributed by atoms with van der Waals surface area (Å²) in [5, 5.41) is 24.3. The number of hydrogen-bond donors (Lipinski definition) is 2. The van der Waals surface area contributed by atoms with Gasteiger partial charge in [-0.25, -0.2) is 0 Å². The molecule has 1 heterocycles. The fourth-order valence-electron chi connectivity index (χ4n) is 1.99. The first-order valence-electron chi connectivity index (χ1n) is 6.61. The predicted octanol–water partition coefficient (Wildman–Crippen LogP) is 2.71. The molecular weight excluding hydrogens is 288 g/mol. The van der Waals surface area contributed by atoms with Crippen molar-refractivity contribution in [2.24, 2.45) is 0 Å². The van der Waals surface area contributed by atoms with Crippen LogP contribution in [0.25, 0.3) is 0 Å². The summed E-state index contributed by atoms with van der Waals surface area (Å²) in [7, 11) is 0. The first-order valence-corrected chi connectivity index (χ1v) is 6.61. The highest BCUT2D eigenvalue weighted by Crippen LogP contribution is 2.28.